The molecule has 0 saturated carbocycles. The van der Waals surface area contributed by atoms with Crippen LogP contribution in [0.1, 0.15) is 15.9 Å². The zero-order valence-corrected chi connectivity index (χ0v) is 22.2. The monoisotopic (exact) mass is 562 g/mol. The quantitative estimate of drug-likeness (QED) is 0.356. The number of hydrogen-bond donors (Lipinski definition) is 3. The molecule has 11 nitrogen and oxygen atoms in total. The molecule has 4 rings (SSSR count). The first-order valence-electron chi connectivity index (χ1n) is 11.0. The lowest BCUT2D eigenvalue weighted by molar-refractivity contribution is -0.117. The highest BCUT2D eigenvalue weighted by Gasteiger charge is 2.33. The lowest BCUT2D eigenvalue weighted by atomic mass is 9.97. The number of thiophene rings is 1. The largest absolute Gasteiger partial charge is 0.384 e. The van der Waals surface area contributed by atoms with Crippen LogP contribution < -0.4 is 20.3 Å². The number of carbonyl (C=O) groups is 3. The van der Waals surface area contributed by atoms with Gasteiger partial charge >= 0.3 is 6.03 Å². The van der Waals surface area contributed by atoms with E-state index < -0.39 is 27.9 Å². The Kier molecular flexibility index (Phi) is 7.78. The smallest absolute Gasteiger partial charge is 0.333 e. The summed E-state index contributed by atoms with van der Waals surface area (Å²) in [5.74, 6) is -0.854. The van der Waals surface area contributed by atoms with Gasteiger partial charge in [-0.25, -0.2) is 27.8 Å². The fourth-order valence-electron chi connectivity index (χ4n) is 3.55. The van der Waals surface area contributed by atoms with Crippen LogP contribution in [0.25, 0.3) is 0 Å². The summed E-state index contributed by atoms with van der Waals surface area (Å²) in [4.78, 5) is 45.2. The van der Waals surface area contributed by atoms with E-state index in [1.807, 2.05) is 23.7 Å². The number of fused-ring (bicyclic) bond motifs is 1. The summed E-state index contributed by atoms with van der Waals surface area (Å²) >= 11 is 6.57. The number of rotatable bonds is 8. The molecule has 2 aromatic heterocycles. The number of likely N-dealkylation sites (N-methyl/N-ethyl adjacent to an activating group) is 1. The van der Waals surface area contributed by atoms with Crippen molar-refractivity contribution in [3.8, 4) is 0 Å². The number of aromatic nitrogens is 1. The number of benzene rings is 1. The third kappa shape index (κ3) is 6.25. The van der Waals surface area contributed by atoms with Crippen LogP contribution in [0.3, 0.4) is 0 Å². The zero-order valence-electron chi connectivity index (χ0n) is 19.8. The van der Waals surface area contributed by atoms with Gasteiger partial charge in [-0.3, -0.25) is 9.59 Å². The minimum Gasteiger partial charge on any atom is -0.384 e. The molecule has 3 aromatic rings. The molecule has 1 aliphatic rings. The molecule has 3 heterocycles. The van der Waals surface area contributed by atoms with E-state index in [1.165, 1.54) is 30.5 Å². The van der Waals surface area contributed by atoms with Gasteiger partial charge in [0.2, 0.25) is 5.91 Å². The van der Waals surface area contributed by atoms with Gasteiger partial charge in [0, 0.05) is 24.3 Å². The summed E-state index contributed by atoms with van der Waals surface area (Å²) < 4.78 is 26.5. The summed E-state index contributed by atoms with van der Waals surface area (Å²) in [6, 6.07) is 9.75. The molecule has 3 N–H and O–H groups in total. The fourth-order valence-corrected chi connectivity index (χ4v) is 5.94. The Hall–Kier alpha value is -3.52. The number of hydrogen-bond acceptors (Lipinski definition) is 9. The molecule has 0 saturated heterocycles. The third-order valence-corrected chi connectivity index (χ3v) is 8.35. The van der Waals surface area contributed by atoms with Gasteiger partial charge in [-0.15, -0.1) is 11.3 Å². The number of imide groups is 1. The van der Waals surface area contributed by atoms with Crippen LogP contribution in [-0.4, -0.2) is 63.3 Å². The van der Waals surface area contributed by atoms with E-state index in [0.29, 0.717) is 11.1 Å². The Bertz CT molecular complexity index is 1460. The highest BCUT2D eigenvalue weighted by atomic mass is 35.5. The summed E-state index contributed by atoms with van der Waals surface area (Å²) in [7, 11) is -0.149. The molecule has 194 valence electrons. The number of nitrogens with zero attached hydrogens (tertiary/aromatic N) is 3. The van der Waals surface area contributed by atoms with Gasteiger partial charge in [0.05, 0.1) is 22.6 Å². The van der Waals surface area contributed by atoms with E-state index in [4.69, 9.17) is 11.6 Å². The van der Waals surface area contributed by atoms with Crippen LogP contribution in [-0.2, 0) is 21.2 Å². The van der Waals surface area contributed by atoms with Crippen LogP contribution in [0.15, 0.2) is 52.9 Å². The number of amides is 4. The van der Waals surface area contributed by atoms with Gasteiger partial charge in [0.15, 0.2) is 0 Å². The predicted molar refractivity (Wildman–Crippen MR) is 142 cm³/mol. The highest BCUT2D eigenvalue weighted by molar-refractivity contribution is 7.92. The predicted octanol–water partition coefficient (Wildman–Crippen LogP) is 3.01. The number of anilines is 3. The maximum Gasteiger partial charge on any atom is 0.333 e. The molecule has 0 aliphatic carbocycles. The Morgan fingerprint density at radius 2 is 1.89 bits per heavy atom. The number of carbonyl (C=O) groups excluding carboxylic acids is 3. The lowest BCUT2D eigenvalue weighted by Crippen LogP contribution is -2.43. The minimum atomic E-state index is -4.09. The maximum atomic E-state index is 13.1. The van der Waals surface area contributed by atoms with Gasteiger partial charge < -0.3 is 15.5 Å². The second kappa shape index (κ2) is 10.8. The average Bonchev–Trinajstić information content (AvgIpc) is 3.27. The molecule has 0 bridgehead atoms. The maximum absolute atomic E-state index is 13.1. The molecule has 14 heteroatoms. The number of sulfonamides is 1. The topological polar surface area (TPSA) is 141 Å². The molecule has 0 unspecified atom stereocenters. The van der Waals surface area contributed by atoms with E-state index >= 15 is 0 Å². The molecule has 1 aliphatic heterocycles. The number of pyridine rings is 1. The average molecular weight is 563 g/mol. The van der Waals surface area contributed by atoms with Crippen LogP contribution in [0, 0.1) is 0 Å². The van der Waals surface area contributed by atoms with Crippen molar-refractivity contribution in [3.63, 3.8) is 0 Å². The summed E-state index contributed by atoms with van der Waals surface area (Å²) in [6.45, 7) is 1.55. The highest BCUT2D eigenvalue weighted by Crippen LogP contribution is 2.28. The van der Waals surface area contributed by atoms with Crippen LogP contribution >= 0.6 is 22.9 Å². The first-order valence-corrected chi connectivity index (χ1v) is 13.7. The van der Waals surface area contributed by atoms with Crippen molar-refractivity contribution >= 4 is 68.0 Å². The second-order valence-electron chi connectivity index (χ2n) is 8.34. The Balaban J connectivity index is 1.42. The fraction of sp³-hybridized carbons (Fsp3) is 0.217. The van der Waals surface area contributed by atoms with Crippen LogP contribution in [0.4, 0.5) is 22.0 Å². The van der Waals surface area contributed by atoms with Gasteiger partial charge in [0.1, 0.15) is 10.0 Å². The van der Waals surface area contributed by atoms with Crippen molar-refractivity contribution in [2.24, 2.45) is 0 Å². The van der Waals surface area contributed by atoms with E-state index in [0.717, 1.165) is 35.0 Å². The van der Waals surface area contributed by atoms with Gasteiger partial charge in [-0.2, -0.15) is 0 Å². The molecular weight excluding hydrogens is 540 g/mol. The van der Waals surface area contributed by atoms with Crippen molar-refractivity contribution in [2.45, 2.75) is 10.6 Å². The molecule has 37 heavy (non-hydrogen) atoms. The molecule has 1 aromatic carbocycles. The van der Waals surface area contributed by atoms with Crippen molar-refractivity contribution in [2.75, 3.05) is 42.7 Å². The Morgan fingerprint density at radius 1 is 1.14 bits per heavy atom. The van der Waals surface area contributed by atoms with Gasteiger partial charge in [0.25, 0.3) is 15.9 Å². The van der Waals surface area contributed by atoms with Crippen LogP contribution in [0.5, 0.6) is 0 Å². The minimum absolute atomic E-state index is 0.0267. The molecule has 0 atom stereocenters. The normalized spacial score (nSPS) is 13.5. The number of urea groups is 1. The summed E-state index contributed by atoms with van der Waals surface area (Å²) in [5, 5.41) is 5.63. The number of nitrogens with one attached hydrogen (secondary N) is 3. The summed E-state index contributed by atoms with van der Waals surface area (Å²) in [6.07, 6.45) is 1.25. The van der Waals surface area contributed by atoms with Crippen molar-refractivity contribution in [3.05, 3.63) is 64.1 Å². The Labute approximate surface area is 222 Å². The molecule has 4 amide bonds. The van der Waals surface area contributed by atoms with E-state index in [2.05, 4.69) is 15.6 Å². The Morgan fingerprint density at radius 3 is 2.54 bits per heavy atom. The third-order valence-electron chi connectivity index (χ3n) is 5.29. The standard InChI is InChI=1S/C23H23ClN6O5S2/c1-29(2)10-9-25-15-3-5-17-14(11-15)12-20(31)30(22(17)32)19-7-4-16(13-26-19)27-23(33)28-37(34,35)21-8-6-18(24)36-21/h3-8,11,13,25H,9-10,12H2,1-2H3,(H2,27,28,33). The van der Waals surface area contributed by atoms with E-state index in [9.17, 15) is 22.8 Å². The first kappa shape index (κ1) is 26.5. The van der Waals surface area contributed by atoms with Gasteiger partial charge in [-0.1, -0.05) is 11.6 Å². The van der Waals surface area contributed by atoms with Crippen molar-refractivity contribution in [1.29, 1.82) is 0 Å². The summed E-state index contributed by atoms with van der Waals surface area (Å²) in [5.41, 5.74) is 2.02. The van der Waals surface area contributed by atoms with Gasteiger partial charge in [-0.05, 0) is 62.1 Å². The molecular formula is C23H23ClN6O5S2. The van der Waals surface area contributed by atoms with Crippen molar-refractivity contribution in [1.82, 2.24) is 14.6 Å². The molecule has 0 spiro atoms. The molecule has 0 fully saturated rings. The second-order valence-corrected chi connectivity index (χ2v) is 12.0. The van der Waals surface area contributed by atoms with E-state index in [1.54, 1.807) is 18.2 Å². The first-order chi connectivity index (χ1) is 17.5. The number of halogens is 1. The SMILES string of the molecule is CN(C)CCNc1ccc2c(c1)CC(=O)N(c1ccc(NC(=O)NS(=O)(=O)c3ccc(Cl)s3)cn1)C2=O. The lowest BCUT2D eigenvalue weighted by Gasteiger charge is -2.26. The zero-order chi connectivity index (χ0) is 26.7. The van der Waals surface area contributed by atoms with Crippen molar-refractivity contribution < 1.29 is 22.8 Å². The molecule has 0 radical (unpaired) electrons. The van der Waals surface area contributed by atoms with Crippen LogP contribution in [0.2, 0.25) is 4.34 Å². The van der Waals surface area contributed by atoms with E-state index in [-0.39, 0.29) is 26.5 Å².